The molecule has 0 atom stereocenters. The molecule has 0 aliphatic rings. The standard InChI is InChI=1S/C8H7F2NO4/c1-15-6-4(12)2-3(7(9)10)11-5(6)8(13)14/h2,7H,1H3,(H,11,12)(H,13,14). The number of ether oxygens (including phenoxy) is 1. The maximum Gasteiger partial charge on any atom is 0.356 e. The van der Waals surface area contributed by atoms with Crippen molar-refractivity contribution < 1.29 is 23.4 Å². The average molecular weight is 219 g/mol. The van der Waals surface area contributed by atoms with E-state index in [2.05, 4.69) is 4.74 Å². The van der Waals surface area contributed by atoms with Crippen molar-refractivity contribution in [2.24, 2.45) is 0 Å². The van der Waals surface area contributed by atoms with Crippen molar-refractivity contribution in [2.75, 3.05) is 7.11 Å². The second-order valence-corrected chi connectivity index (χ2v) is 2.60. The van der Waals surface area contributed by atoms with Gasteiger partial charge in [0.1, 0.15) is 0 Å². The van der Waals surface area contributed by atoms with Crippen LogP contribution in [0.4, 0.5) is 8.78 Å². The molecular weight excluding hydrogens is 212 g/mol. The van der Waals surface area contributed by atoms with Crippen LogP contribution in [-0.2, 0) is 0 Å². The molecule has 1 aromatic heterocycles. The quantitative estimate of drug-likeness (QED) is 0.795. The summed E-state index contributed by atoms with van der Waals surface area (Å²) in [6, 6.07) is 0.607. The van der Waals surface area contributed by atoms with E-state index in [4.69, 9.17) is 5.11 Å². The van der Waals surface area contributed by atoms with E-state index in [1.807, 2.05) is 4.98 Å². The number of hydrogen-bond acceptors (Lipinski definition) is 3. The number of halogens is 2. The number of aromatic amines is 1. The Morgan fingerprint density at radius 2 is 2.20 bits per heavy atom. The number of hydrogen-bond donors (Lipinski definition) is 2. The van der Waals surface area contributed by atoms with Crippen molar-refractivity contribution >= 4 is 5.97 Å². The van der Waals surface area contributed by atoms with E-state index in [0.717, 1.165) is 7.11 Å². The van der Waals surface area contributed by atoms with Crippen LogP contribution >= 0.6 is 0 Å². The normalized spacial score (nSPS) is 10.4. The monoisotopic (exact) mass is 219 g/mol. The van der Waals surface area contributed by atoms with Gasteiger partial charge in [-0.2, -0.15) is 0 Å². The summed E-state index contributed by atoms with van der Waals surface area (Å²) in [5, 5.41) is 8.63. The Hall–Kier alpha value is -1.92. The Morgan fingerprint density at radius 1 is 1.60 bits per heavy atom. The summed E-state index contributed by atoms with van der Waals surface area (Å²) < 4.78 is 28.9. The Kier molecular flexibility index (Phi) is 3.03. The summed E-state index contributed by atoms with van der Waals surface area (Å²) in [7, 11) is 1.08. The van der Waals surface area contributed by atoms with E-state index in [9.17, 15) is 18.4 Å². The Balaban J connectivity index is 3.46. The molecule has 0 saturated carbocycles. The lowest BCUT2D eigenvalue weighted by Crippen LogP contribution is -2.15. The van der Waals surface area contributed by atoms with Crippen molar-refractivity contribution in [3.63, 3.8) is 0 Å². The zero-order valence-corrected chi connectivity index (χ0v) is 7.58. The molecular formula is C8H7F2NO4. The third-order valence-electron chi connectivity index (χ3n) is 1.66. The molecule has 0 fully saturated rings. The second kappa shape index (κ2) is 4.07. The van der Waals surface area contributed by atoms with Gasteiger partial charge in [0, 0.05) is 6.07 Å². The number of aromatic nitrogens is 1. The van der Waals surface area contributed by atoms with Gasteiger partial charge < -0.3 is 14.8 Å². The fourth-order valence-electron chi connectivity index (χ4n) is 1.04. The smallest absolute Gasteiger partial charge is 0.356 e. The van der Waals surface area contributed by atoms with Gasteiger partial charge in [-0.25, -0.2) is 13.6 Å². The van der Waals surface area contributed by atoms with Gasteiger partial charge in [-0.15, -0.1) is 0 Å². The number of methoxy groups -OCH3 is 1. The highest BCUT2D eigenvalue weighted by molar-refractivity contribution is 5.88. The van der Waals surface area contributed by atoms with E-state index in [1.54, 1.807) is 0 Å². The first-order valence-corrected chi connectivity index (χ1v) is 3.80. The highest BCUT2D eigenvalue weighted by Crippen LogP contribution is 2.18. The topological polar surface area (TPSA) is 79.4 Å². The van der Waals surface area contributed by atoms with Crippen molar-refractivity contribution in [3.05, 3.63) is 27.7 Å². The molecule has 0 aromatic carbocycles. The summed E-state index contributed by atoms with van der Waals surface area (Å²) in [6.45, 7) is 0. The van der Waals surface area contributed by atoms with Crippen LogP contribution in [0, 0.1) is 0 Å². The molecule has 1 aromatic rings. The first-order chi connectivity index (χ1) is 6.97. The average Bonchev–Trinajstić information content (AvgIpc) is 2.16. The van der Waals surface area contributed by atoms with Crippen LogP contribution in [0.3, 0.4) is 0 Å². The van der Waals surface area contributed by atoms with Gasteiger partial charge >= 0.3 is 5.97 Å². The number of rotatable bonds is 3. The fourth-order valence-corrected chi connectivity index (χ4v) is 1.04. The van der Waals surface area contributed by atoms with Gasteiger partial charge in [0.15, 0.2) is 11.4 Å². The molecule has 5 nitrogen and oxygen atoms in total. The lowest BCUT2D eigenvalue weighted by molar-refractivity contribution is 0.0684. The Morgan fingerprint density at radius 3 is 2.60 bits per heavy atom. The molecule has 1 rings (SSSR count). The summed E-state index contributed by atoms with van der Waals surface area (Å²) in [5.74, 6) is -2.03. The highest BCUT2D eigenvalue weighted by Gasteiger charge is 2.19. The summed E-state index contributed by atoms with van der Waals surface area (Å²) in [4.78, 5) is 23.7. The number of alkyl halides is 2. The third kappa shape index (κ3) is 2.12. The summed E-state index contributed by atoms with van der Waals surface area (Å²) in [6.07, 6.45) is -2.94. The summed E-state index contributed by atoms with van der Waals surface area (Å²) >= 11 is 0. The Labute approximate surface area is 82.3 Å². The number of nitrogens with one attached hydrogen (secondary N) is 1. The van der Waals surface area contributed by atoms with Crippen LogP contribution in [0.5, 0.6) is 5.75 Å². The van der Waals surface area contributed by atoms with E-state index in [-0.39, 0.29) is 0 Å². The summed E-state index contributed by atoms with van der Waals surface area (Å²) in [5.41, 5.74) is -2.33. The van der Waals surface area contributed by atoms with Crippen molar-refractivity contribution in [2.45, 2.75) is 6.43 Å². The number of carboxylic acid groups (broad SMARTS) is 1. The SMILES string of the molecule is COc1c(C(=O)O)[nH]c(C(F)F)cc1=O. The van der Waals surface area contributed by atoms with Crippen LogP contribution in [0.15, 0.2) is 10.9 Å². The van der Waals surface area contributed by atoms with Crippen molar-refractivity contribution in [1.29, 1.82) is 0 Å². The van der Waals surface area contributed by atoms with Gasteiger partial charge in [-0.3, -0.25) is 4.79 Å². The molecule has 0 saturated heterocycles. The van der Waals surface area contributed by atoms with Crippen LogP contribution in [0.1, 0.15) is 22.6 Å². The molecule has 0 amide bonds. The highest BCUT2D eigenvalue weighted by atomic mass is 19.3. The number of aromatic carboxylic acids is 1. The van der Waals surface area contributed by atoms with Gasteiger partial charge in [-0.1, -0.05) is 0 Å². The predicted octanol–water partition coefficient (Wildman–Crippen LogP) is 1.02. The molecule has 2 N–H and O–H groups in total. The largest absolute Gasteiger partial charge is 0.491 e. The molecule has 1 heterocycles. The fraction of sp³-hybridized carbons (Fsp3) is 0.250. The van der Waals surface area contributed by atoms with Gasteiger partial charge in [0.25, 0.3) is 6.43 Å². The van der Waals surface area contributed by atoms with Crippen LogP contribution in [-0.4, -0.2) is 23.2 Å². The lowest BCUT2D eigenvalue weighted by atomic mass is 10.2. The van der Waals surface area contributed by atoms with Crippen molar-refractivity contribution in [3.8, 4) is 5.75 Å². The van der Waals surface area contributed by atoms with Gasteiger partial charge in [0.05, 0.1) is 12.8 Å². The zero-order valence-electron chi connectivity index (χ0n) is 7.58. The number of H-pyrrole nitrogens is 1. The maximum absolute atomic E-state index is 12.2. The second-order valence-electron chi connectivity index (χ2n) is 2.60. The van der Waals surface area contributed by atoms with E-state index in [0.29, 0.717) is 6.07 Å². The van der Waals surface area contributed by atoms with E-state index >= 15 is 0 Å². The van der Waals surface area contributed by atoms with Crippen molar-refractivity contribution in [1.82, 2.24) is 4.98 Å². The maximum atomic E-state index is 12.2. The van der Waals surface area contributed by atoms with Gasteiger partial charge in [-0.05, 0) is 0 Å². The molecule has 0 bridgehead atoms. The molecule has 0 unspecified atom stereocenters. The molecule has 0 aliphatic carbocycles. The molecule has 0 aliphatic heterocycles. The molecule has 0 radical (unpaired) electrons. The van der Waals surface area contributed by atoms with E-state index in [1.165, 1.54) is 0 Å². The zero-order chi connectivity index (χ0) is 11.6. The number of carboxylic acids is 1. The molecule has 15 heavy (non-hydrogen) atoms. The Bertz CT molecular complexity index is 441. The first-order valence-electron chi connectivity index (χ1n) is 3.80. The number of pyridine rings is 1. The number of carbonyl (C=O) groups is 1. The predicted molar refractivity (Wildman–Crippen MR) is 45.5 cm³/mol. The lowest BCUT2D eigenvalue weighted by Gasteiger charge is -2.06. The van der Waals surface area contributed by atoms with Crippen LogP contribution < -0.4 is 10.2 Å². The van der Waals surface area contributed by atoms with Gasteiger partial charge in [0.2, 0.25) is 5.43 Å². The minimum Gasteiger partial charge on any atom is -0.491 e. The minimum atomic E-state index is -2.94. The van der Waals surface area contributed by atoms with E-state index < -0.39 is 35.0 Å². The van der Waals surface area contributed by atoms with Crippen LogP contribution in [0.2, 0.25) is 0 Å². The first kappa shape index (κ1) is 11.2. The molecule has 82 valence electrons. The molecule has 7 heteroatoms. The third-order valence-corrected chi connectivity index (χ3v) is 1.66. The van der Waals surface area contributed by atoms with Crippen LogP contribution in [0.25, 0.3) is 0 Å². The molecule has 0 spiro atoms. The minimum absolute atomic E-state index is 0.494.